The van der Waals surface area contributed by atoms with Crippen molar-refractivity contribution in [3.05, 3.63) is 6.92 Å². The molecule has 0 nitrogen and oxygen atoms in total. The van der Waals surface area contributed by atoms with E-state index < -0.39 is 0 Å². The monoisotopic (exact) mass is 267 g/mol. The molecule has 0 saturated carbocycles. The minimum Gasteiger partial charge on any atom is -0.0625 e. The minimum absolute atomic E-state index is 0.533. The van der Waals surface area contributed by atoms with Crippen LogP contribution in [-0.4, -0.2) is 0 Å². The van der Waals surface area contributed by atoms with E-state index in [4.69, 9.17) is 0 Å². The first-order chi connectivity index (χ1) is 8.95. The van der Waals surface area contributed by atoms with E-state index in [-0.39, 0.29) is 0 Å². The Balaban J connectivity index is 3.07. The van der Waals surface area contributed by atoms with Gasteiger partial charge in [-0.2, -0.15) is 0 Å². The van der Waals surface area contributed by atoms with Crippen LogP contribution in [0.5, 0.6) is 0 Å². The highest BCUT2D eigenvalue weighted by Crippen LogP contribution is 2.22. The lowest BCUT2D eigenvalue weighted by molar-refractivity contribution is 0.356. The van der Waals surface area contributed by atoms with Crippen molar-refractivity contribution in [2.45, 2.75) is 105 Å². The molecule has 0 aromatic carbocycles. The second-order valence-corrected chi connectivity index (χ2v) is 7.68. The largest absolute Gasteiger partial charge is 0.0625 e. The topological polar surface area (TPSA) is 0 Å². The second-order valence-electron chi connectivity index (χ2n) is 7.68. The number of unbranched alkanes of at least 4 members (excludes halogenated alkanes) is 8. The summed E-state index contributed by atoms with van der Waals surface area (Å²) >= 11 is 0. The van der Waals surface area contributed by atoms with Gasteiger partial charge >= 0.3 is 0 Å². The van der Waals surface area contributed by atoms with Gasteiger partial charge in [-0.05, 0) is 17.8 Å². The fourth-order valence-electron chi connectivity index (χ4n) is 2.53. The van der Waals surface area contributed by atoms with Gasteiger partial charge in [0.15, 0.2) is 0 Å². The van der Waals surface area contributed by atoms with E-state index in [0.717, 1.165) is 12.3 Å². The van der Waals surface area contributed by atoms with Gasteiger partial charge in [0.25, 0.3) is 0 Å². The maximum Gasteiger partial charge on any atom is -0.0383 e. The number of hydrogen-bond donors (Lipinski definition) is 0. The van der Waals surface area contributed by atoms with E-state index in [2.05, 4.69) is 34.6 Å². The summed E-state index contributed by atoms with van der Waals surface area (Å²) < 4.78 is 0. The van der Waals surface area contributed by atoms with Crippen molar-refractivity contribution >= 4 is 0 Å². The summed E-state index contributed by atoms with van der Waals surface area (Å²) in [4.78, 5) is 0. The highest BCUT2D eigenvalue weighted by Gasteiger charge is 2.08. The predicted octanol–water partition coefficient (Wildman–Crippen LogP) is 7.18. The molecule has 0 heteroatoms. The standard InChI is InChI=1S/C19H39/c1-6-18(2)16-14-12-10-8-7-9-11-13-15-17-19(3,4)5/h18H,1,6-17H2,2-5H3. The second kappa shape index (κ2) is 11.8. The molecule has 115 valence electrons. The van der Waals surface area contributed by atoms with Crippen LogP contribution in [0.1, 0.15) is 105 Å². The maximum atomic E-state index is 3.96. The van der Waals surface area contributed by atoms with Crippen LogP contribution < -0.4 is 0 Å². The summed E-state index contributed by atoms with van der Waals surface area (Å²) in [6.07, 6.45) is 16.9. The van der Waals surface area contributed by atoms with Crippen molar-refractivity contribution in [1.82, 2.24) is 0 Å². The molecule has 0 amide bonds. The van der Waals surface area contributed by atoms with E-state index in [1.54, 1.807) is 0 Å². The molecule has 0 aromatic rings. The molecule has 0 bridgehead atoms. The first kappa shape index (κ1) is 19.0. The molecule has 19 heavy (non-hydrogen) atoms. The molecule has 0 N–H and O–H groups in total. The Morgan fingerprint density at radius 3 is 1.58 bits per heavy atom. The fraction of sp³-hybridized carbons (Fsp3) is 0.947. The molecule has 1 radical (unpaired) electrons. The van der Waals surface area contributed by atoms with Crippen LogP contribution >= 0.6 is 0 Å². The van der Waals surface area contributed by atoms with Gasteiger partial charge in [-0.3, -0.25) is 0 Å². The molecular formula is C19H39. The summed E-state index contributed by atoms with van der Waals surface area (Å²) in [6, 6.07) is 0. The molecule has 0 rings (SSSR count). The summed E-state index contributed by atoms with van der Waals surface area (Å²) in [5, 5.41) is 0. The predicted molar refractivity (Wildman–Crippen MR) is 89.4 cm³/mol. The van der Waals surface area contributed by atoms with Crippen molar-refractivity contribution in [3.8, 4) is 0 Å². The molecule has 1 unspecified atom stereocenters. The molecule has 0 aromatic heterocycles. The van der Waals surface area contributed by atoms with Crippen LogP contribution in [0, 0.1) is 18.3 Å². The van der Waals surface area contributed by atoms with Crippen molar-refractivity contribution in [2.75, 3.05) is 0 Å². The Morgan fingerprint density at radius 1 is 0.737 bits per heavy atom. The van der Waals surface area contributed by atoms with Gasteiger partial charge in [-0.1, -0.05) is 105 Å². The van der Waals surface area contributed by atoms with Crippen LogP contribution in [0.3, 0.4) is 0 Å². The molecule has 0 aliphatic heterocycles. The molecule has 0 saturated heterocycles. The smallest absolute Gasteiger partial charge is 0.0383 e. The van der Waals surface area contributed by atoms with E-state index in [9.17, 15) is 0 Å². The van der Waals surface area contributed by atoms with E-state index >= 15 is 0 Å². The zero-order valence-electron chi connectivity index (χ0n) is 14.3. The third kappa shape index (κ3) is 15.9. The van der Waals surface area contributed by atoms with Crippen molar-refractivity contribution < 1.29 is 0 Å². The van der Waals surface area contributed by atoms with Crippen molar-refractivity contribution in [2.24, 2.45) is 11.3 Å². The Labute approximate surface area is 123 Å². The van der Waals surface area contributed by atoms with Crippen LogP contribution in [0.25, 0.3) is 0 Å². The molecule has 0 aliphatic rings. The fourth-order valence-corrected chi connectivity index (χ4v) is 2.53. The Morgan fingerprint density at radius 2 is 1.16 bits per heavy atom. The highest BCUT2D eigenvalue weighted by molar-refractivity contribution is 4.61. The average Bonchev–Trinajstić information content (AvgIpc) is 2.34. The van der Waals surface area contributed by atoms with Gasteiger partial charge in [0.05, 0.1) is 0 Å². The third-order valence-corrected chi connectivity index (χ3v) is 4.12. The third-order valence-electron chi connectivity index (χ3n) is 4.12. The molecular weight excluding hydrogens is 228 g/mol. The van der Waals surface area contributed by atoms with Crippen LogP contribution in [-0.2, 0) is 0 Å². The van der Waals surface area contributed by atoms with Gasteiger partial charge in [0, 0.05) is 0 Å². The Kier molecular flexibility index (Phi) is 11.8. The molecule has 1 atom stereocenters. The van der Waals surface area contributed by atoms with E-state index in [1.165, 1.54) is 70.6 Å². The van der Waals surface area contributed by atoms with Gasteiger partial charge in [-0.15, -0.1) is 0 Å². The normalized spacial score (nSPS) is 13.7. The quantitative estimate of drug-likeness (QED) is 0.328. The summed E-state index contributed by atoms with van der Waals surface area (Å²) in [5.74, 6) is 0.836. The van der Waals surface area contributed by atoms with Gasteiger partial charge in [0.1, 0.15) is 0 Å². The zero-order chi connectivity index (χ0) is 14.6. The van der Waals surface area contributed by atoms with Crippen molar-refractivity contribution in [1.29, 1.82) is 0 Å². The molecule has 0 fully saturated rings. The van der Waals surface area contributed by atoms with Crippen LogP contribution in [0.4, 0.5) is 0 Å². The number of hydrogen-bond acceptors (Lipinski definition) is 0. The van der Waals surface area contributed by atoms with Gasteiger partial charge in [0.2, 0.25) is 0 Å². The van der Waals surface area contributed by atoms with E-state index in [1.807, 2.05) is 0 Å². The lowest BCUT2D eigenvalue weighted by Gasteiger charge is -2.17. The lowest BCUT2D eigenvalue weighted by Crippen LogP contribution is -2.03. The van der Waals surface area contributed by atoms with Gasteiger partial charge in [-0.25, -0.2) is 0 Å². The Hall–Kier alpha value is 0. The highest BCUT2D eigenvalue weighted by atomic mass is 14.1. The maximum absolute atomic E-state index is 3.96. The van der Waals surface area contributed by atoms with Crippen molar-refractivity contribution in [3.63, 3.8) is 0 Å². The SMILES string of the molecule is [CH2]CC(C)CCCCCCCCCCCC(C)(C)C. The average molecular weight is 268 g/mol. The minimum atomic E-state index is 0.533. The summed E-state index contributed by atoms with van der Waals surface area (Å²) in [6.45, 7) is 13.3. The number of rotatable bonds is 12. The van der Waals surface area contributed by atoms with Crippen LogP contribution in [0.2, 0.25) is 0 Å². The zero-order valence-corrected chi connectivity index (χ0v) is 14.3. The Bertz CT molecular complexity index is 175. The van der Waals surface area contributed by atoms with E-state index in [0.29, 0.717) is 5.41 Å². The first-order valence-electron chi connectivity index (χ1n) is 8.75. The lowest BCUT2D eigenvalue weighted by atomic mass is 9.89. The molecule has 0 spiro atoms. The van der Waals surface area contributed by atoms with Crippen LogP contribution in [0.15, 0.2) is 0 Å². The first-order valence-corrected chi connectivity index (χ1v) is 8.75. The van der Waals surface area contributed by atoms with Gasteiger partial charge < -0.3 is 0 Å². The summed E-state index contributed by atoms with van der Waals surface area (Å²) in [7, 11) is 0. The summed E-state index contributed by atoms with van der Waals surface area (Å²) in [5.41, 5.74) is 0.533. The molecule has 0 heterocycles. The molecule has 0 aliphatic carbocycles.